The van der Waals surface area contributed by atoms with Gasteiger partial charge in [-0.05, 0) is 40.0 Å². The summed E-state index contributed by atoms with van der Waals surface area (Å²) in [5, 5.41) is 11.6. The van der Waals surface area contributed by atoms with Crippen LogP contribution in [-0.4, -0.2) is 98.1 Å². The minimum atomic E-state index is -0.834. The van der Waals surface area contributed by atoms with Crippen LogP contribution < -0.4 is 5.32 Å². The Morgan fingerprint density at radius 3 is 2.24 bits per heavy atom. The van der Waals surface area contributed by atoms with Crippen molar-refractivity contribution in [1.82, 2.24) is 20.0 Å². The molecule has 1 fully saturated rings. The number of hydrogen-bond acceptors (Lipinski definition) is 5. The molecule has 1 amide bonds. The molecule has 2 N–H and O–H groups in total. The summed E-state index contributed by atoms with van der Waals surface area (Å²) >= 11 is 0. The van der Waals surface area contributed by atoms with E-state index < -0.39 is 5.97 Å². The van der Waals surface area contributed by atoms with Crippen LogP contribution in [0, 0.1) is 0 Å². The van der Waals surface area contributed by atoms with Crippen LogP contribution in [-0.2, 0) is 9.59 Å². The first kappa shape index (κ1) is 17.9. The molecule has 7 nitrogen and oxygen atoms in total. The molecule has 0 aliphatic carbocycles. The third-order valence-corrected chi connectivity index (χ3v) is 3.63. The summed E-state index contributed by atoms with van der Waals surface area (Å²) in [6.07, 6.45) is 2.53. The predicted octanol–water partition coefficient (Wildman–Crippen LogP) is -0.853. The van der Waals surface area contributed by atoms with Gasteiger partial charge in [-0.1, -0.05) is 0 Å². The topological polar surface area (TPSA) is 76.1 Å². The van der Waals surface area contributed by atoms with E-state index in [0.717, 1.165) is 19.6 Å². The second kappa shape index (κ2) is 9.70. The number of carbonyl (C=O) groups excluding carboxylic acids is 1. The Balaban J connectivity index is 2.05. The van der Waals surface area contributed by atoms with Crippen molar-refractivity contribution in [1.29, 1.82) is 0 Å². The van der Waals surface area contributed by atoms with E-state index in [1.54, 1.807) is 11.9 Å². The number of amides is 1. The van der Waals surface area contributed by atoms with Crippen LogP contribution in [0.1, 0.15) is 12.8 Å². The van der Waals surface area contributed by atoms with Crippen LogP contribution in [0.3, 0.4) is 0 Å². The average molecular weight is 300 g/mol. The SMILES string of the molecule is CN(CCN(C)CC(=O)NCCN1CCCC1)CC(=O)O. The zero-order valence-corrected chi connectivity index (χ0v) is 13.2. The van der Waals surface area contributed by atoms with Crippen molar-refractivity contribution in [3.05, 3.63) is 0 Å². The van der Waals surface area contributed by atoms with E-state index in [9.17, 15) is 9.59 Å². The van der Waals surface area contributed by atoms with E-state index in [4.69, 9.17) is 5.11 Å². The predicted molar refractivity (Wildman–Crippen MR) is 81.3 cm³/mol. The molecule has 122 valence electrons. The van der Waals surface area contributed by atoms with Crippen molar-refractivity contribution in [2.75, 3.05) is 66.5 Å². The molecule has 1 aliphatic heterocycles. The number of nitrogens with one attached hydrogen (secondary N) is 1. The van der Waals surface area contributed by atoms with Crippen LogP contribution in [0.25, 0.3) is 0 Å². The van der Waals surface area contributed by atoms with E-state index >= 15 is 0 Å². The third kappa shape index (κ3) is 8.64. The number of aliphatic carboxylic acids is 1. The molecule has 0 aromatic carbocycles. The van der Waals surface area contributed by atoms with Gasteiger partial charge in [0.25, 0.3) is 0 Å². The standard InChI is InChI=1S/C14H28N4O3/c1-16(9-10-17(2)12-14(20)21)11-13(19)15-5-8-18-6-3-4-7-18/h3-12H2,1-2H3,(H,15,19)(H,20,21). The Labute approximate surface area is 126 Å². The summed E-state index contributed by atoms with van der Waals surface area (Å²) in [7, 11) is 3.63. The minimum Gasteiger partial charge on any atom is -0.480 e. The fourth-order valence-corrected chi connectivity index (χ4v) is 2.39. The molecular formula is C14H28N4O3. The molecule has 0 spiro atoms. The van der Waals surface area contributed by atoms with E-state index in [2.05, 4.69) is 10.2 Å². The van der Waals surface area contributed by atoms with Gasteiger partial charge in [0.1, 0.15) is 0 Å². The van der Waals surface area contributed by atoms with E-state index in [1.807, 2.05) is 11.9 Å². The van der Waals surface area contributed by atoms with Gasteiger partial charge in [-0.3, -0.25) is 19.4 Å². The maximum Gasteiger partial charge on any atom is 0.317 e. The maximum atomic E-state index is 11.8. The van der Waals surface area contributed by atoms with Gasteiger partial charge in [-0.2, -0.15) is 0 Å². The molecule has 0 atom stereocenters. The number of likely N-dealkylation sites (N-methyl/N-ethyl adjacent to an activating group) is 2. The maximum absolute atomic E-state index is 11.8. The Morgan fingerprint density at radius 2 is 1.67 bits per heavy atom. The molecule has 7 heteroatoms. The number of carbonyl (C=O) groups is 2. The van der Waals surface area contributed by atoms with Crippen LogP contribution in [0.15, 0.2) is 0 Å². The number of nitrogens with zero attached hydrogens (tertiary/aromatic N) is 3. The second-order valence-electron chi connectivity index (χ2n) is 5.77. The molecular weight excluding hydrogens is 272 g/mol. The number of carboxylic acids is 1. The minimum absolute atomic E-state index is 0.0237. The smallest absolute Gasteiger partial charge is 0.317 e. The lowest BCUT2D eigenvalue weighted by atomic mass is 10.4. The molecule has 1 heterocycles. The summed E-state index contributed by atoms with van der Waals surface area (Å²) in [6.45, 7) is 5.59. The zero-order chi connectivity index (χ0) is 15.7. The highest BCUT2D eigenvalue weighted by Gasteiger charge is 2.12. The second-order valence-corrected chi connectivity index (χ2v) is 5.77. The highest BCUT2D eigenvalue weighted by atomic mass is 16.4. The van der Waals surface area contributed by atoms with Crippen LogP contribution >= 0.6 is 0 Å². The molecule has 0 bridgehead atoms. The molecule has 0 aromatic heterocycles. The molecule has 0 unspecified atom stereocenters. The Bertz CT molecular complexity index is 332. The van der Waals surface area contributed by atoms with E-state index in [0.29, 0.717) is 26.2 Å². The number of carboxylic acid groups (broad SMARTS) is 1. The van der Waals surface area contributed by atoms with Gasteiger partial charge in [-0.15, -0.1) is 0 Å². The van der Waals surface area contributed by atoms with Crippen molar-refractivity contribution in [2.45, 2.75) is 12.8 Å². The molecule has 1 aliphatic rings. The summed E-state index contributed by atoms with van der Waals surface area (Å²) in [4.78, 5) is 28.3. The first-order chi connectivity index (χ1) is 9.97. The molecule has 0 saturated carbocycles. The summed E-state index contributed by atoms with van der Waals surface area (Å²) < 4.78 is 0. The Hall–Kier alpha value is -1.18. The van der Waals surface area contributed by atoms with Gasteiger partial charge in [0.05, 0.1) is 13.1 Å². The number of rotatable bonds is 10. The zero-order valence-electron chi connectivity index (χ0n) is 13.2. The Morgan fingerprint density at radius 1 is 1.10 bits per heavy atom. The molecule has 0 aromatic rings. The van der Waals surface area contributed by atoms with Gasteiger partial charge in [0.2, 0.25) is 5.91 Å². The lowest BCUT2D eigenvalue weighted by Crippen LogP contribution is -2.41. The van der Waals surface area contributed by atoms with E-state index in [-0.39, 0.29) is 12.5 Å². The van der Waals surface area contributed by atoms with E-state index in [1.165, 1.54) is 12.8 Å². The largest absolute Gasteiger partial charge is 0.480 e. The number of likely N-dealkylation sites (tertiary alicyclic amines) is 1. The highest BCUT2D eigenvalue weighted by molar-refractivity contribution is 5.77. The monoisotopic (exact) mass is 300 g/mol. The average Bonchev–Trinajstić information content (AvgIpc) is 2.88. The van der Waals surface area contributed by atoms with Crippen LogP contribution in [0.5, 0.6) is 0 Å². The fraction of sp³-hybridized carbons (Fsp3) is 0.857. The van der Waals surface area contributed by atoms with Gasteiger partial charge in [0, 0.05) is 26.2 Å². The van der Waals surface area contributed by atoms with Crippen molar-refractivity contribution in [2.24, 2.45) is 0 Å². The Kier molecular flexibility index (Phi) is 8.26. The molecule has 1 saturated heterocycles. The van der Waals surface area contributed by atoms with Gasteiger partial charge in [-0.25, -0.2) is 0 Å². The van der Waals surface area contributed by atoms with Crippen LogP contribution in [0.4, 0.5) is 0 Å². The van der Waals surface area contributed by atoms with Crippen LogP contribution in [0.2, 0.25) is 0 Å². The lowest BCUT2D eigenvalue weighted by Gasteiger charge is -2.21. The normalized spacial score (nSPS) is 15.8. The molecule has 21 heavy (non-hydrogen) atoms. The third-order valence-electron chi connectivity index (χ3n) is 3.63. The molecule has 0 radical (unpaired) electrons. The van der Waals surface area contributed by atoms with Crippen molar-refractivity contribution in [3.63, 3.8) is 0 Å². The quantitative estimate of drug-likeness (QED) is 0.547. The van der Waals surface area contributed by atoms with Crippen molar-refractivity contribution >= 4 is 11.9 Å². The first-order valence-corrected chi connectivity index (χ1v) is 7.55. The highest BCUT2D eigenvalue weighted by Crippen LogP contribution is 2.05. The summed E-state index contributed by atoms with van der Waals surface area (Å²) in [5.74, 6) is -0.808. The van der Waals surface area contributed by atoms with Gasteiger partial charge in [0.15, 0.2) is 0 Å². The fourth-order valence-electron chi connectivity index (χ4n) is 2.39. The first-order valence-electron chi connectivity index (χ1n) is 7.55. The lowest BCUT2D eigenvalue weighted by molar-refractivity contribution is -0.138. The summed E-state index contributed by atoms with van der Waals surface area (Å²) in [5.41, 5.74) is 0. The summed E-state index contributed by atoms with van der Waals surface area (Å²) in [6, 6.07) is 0. The molecule has 1 rings (SSSR count). The number of hydrogen-bond donors (Lipinski definition) is 2. The van der Waals surface area contributed by atoms with Crippen molar-refractivity contribution in [3.8, 4) is 0 Å². The van der Waals surface area contributed by atoms with Gasteiger partial charge >= 0.3 is 5.97 Å². The van der Waals surface area contributed by atoms with Crippen molar-refractivity contribution < 1.29 is 14.7 Å². The van der Waals surface area contributed by atoms with Gasteiger partial charge < -0.3 is 15.3 Å².